The number of guanidine groups is 1. The molecule has 3 N–H and O–H groups in total. The minimum atomic E-state index is -0.625. The fraction of sp³-hybridized carbons (Fsp3) is 0.389. The molecule has 1 aromatic heterocycles. The molecule has 25 heavy (non-hydrogen) atoms. The molecule has 1 aromatic carbocycles. The molecule has 0 atom stereocenters. The Morgan fingerprint density at radius 1 is 1.28 bits per heavy atom. The SMILES string of the molecule is CCNC(=NCc1ccc(O)c(F)c1)NCC(C)(C)c1cccs1.I. The Kier molecular flexibility index (Phi) is 8.64. The Hall–Kier alpha value is -1.35. The van der Waals surface area contributed by atoms with Gasteiger partial charge in [-0.05, 0) is 36.1 Å². The average molecular weight is 477 g/mol. The number of hydrogen-bond donors (Lipinski definition) is 3. The van der Waals surface area contributed by atoms with Crippen LogP contribution in [-0.4, -0.2) is 24.2 Å². The molecule has 4 nitrogen and oxygen atoms in total. The molecule has 0 spiro atoms. The van der Waals surface area contributed by atoms with Gasteiger partial charge in [0.15, 0.2) is 17.5 Å². The summed E-state index contributed by atoms with van der Waals surface area (Å²) in [5, 5.41) is 17.9. The number of rotatable bonds is 6. The fourth-order valence-electron chi connectivity index (χ4n) is 2.22. The van der Waals surface area contributed by atoms with Crippen molar-refractivity contribution in [2.45, 2.75) is 32.7 Å². The van der Waals surface area contributed by atoms with Crippen LogP contribution in [-0.2, 0) is 12.0 Å². The van der Waals surface area contributed by atoms with E-state index in [0.717, 1.165) is 13.1 Å². The van der Waals surface area contributed by atoms with Crippen LogP contribution in [0.5, 0.6) is 5.75 Å². The Balaban J connectivity index is 0.00000312. The number of benzene rings is 1. The summed E-state index contributed by atoms with van der Waals surface area (Å²) >= 11 is 1.74. The maximum Gasteiger partial charge on any atom is 0.191 e. The summed E-state index contributed by atoms with van der Waals surface area (Å²) in [7, 11) is 0. The molecule has 1 heterocycles. The summed E-state index contributed by atoms with van der Waals surface area (Å²) in [6.07, 6.45) is 0. The van der Waals surface area contributed by atoms with Crippen molar-refractivity contribution >= 4 is 41.3 Å². The predicted molar refractivity (Wildman–Crippen MR) is 114 cm³/mol. The second kappa shape index (κ2) is 9.96. The van der Waals surface area contributed by atoms with Gasteiger partial charge in [0.05, 0.1) is 6.54 Å². The van der Waals surface area contributed by atoms with Crippen LogP contribution in [0.15, 0.2) is 40.7 Å². The van der Waals surface area contributed by atoms with Gasteiger partial charge in [-0.1, -0.05) is 26.0 Å². The zero-order chi connectivity index (χ0) is 17.6. The van der Waals surface area contributed by atoms with Gasteiger partial charge in [-0.3, -0.25) is 0 Å². The lowest BCUT2D eigenvalue weighted by Gasteiger charge is -2.25. The minimum Gasteiger partial charge on any atom is -0.505 e. The normalized spacial score (nSPS) is 11.8. The minimum absolute atomic E-state index is 0. The first kappa shape index (κ1) is 21.7. The van der Waals surface area contributed by atoms with Crippen molar-refractivity contribution in [3.63, 3.8) is 0 Å². The lowest BCUT2D eigenvalue weighted by atomic mass is 9.91. The van der Waals surface area contributed by atoms with Crippen LogP contribution in [0.2, 0.25) is 0 Å². The standard InChI is InChI=1S/C18H24FN3OS.HI/c1-4-20-17(21-11-13-7-8-15(23)14(19)10-13)22-12-18(2,3)16-6-5-9-24-16;/h5-10,23H,4,11-12H2,1-3H3,(H2,20,21,22);1H. The summed E-state index contributed by atoms with van der Waals surface area (Å²) in [6.45, 7) is 8.20. The van der Waals surface area contributed by atoms with Crippen LogP contribution in [0.25, 0.3) is 0 Å². The van der Waals surface area contributed by atoms with Crippen LogP contribution in [0.3, 0.4) is 0 Å². The van der Waals surface area contributed by atoms with E-state index in [2.05, 4.69) is 47.0 Å². The van der Waals surface area contributed by atoms with E-state index in [1.165, 1.54) is 17.0 Å². The first-order valence-corrected chi connectivity index (χ1v) is 8.84. The zero-order valence-corrected chi connectivity index (χ0v) is 17.8. The molecule has 0 amide bonds. The quantitative estimate of drug-likeness (QED) is 0.332. The number of nitrogens with one attached hydrogen (secondary N) is 2. The number of phenols is 1. The van der Waals surface area contributed by atoms with E-state index in [1.807, 2.05) is 6.92 Å². The highest BCUT2D eigenvalue weighted by Gasteiger charge is 2.21. The van der Waals surface area contributed by atoms with Gasteiger partial charge in [0, 0.05) is 23.4 Å². The summed E-state index contributed by atoms with van der Waals surface area (Å²) in [5.74, 6) is -0.277. The topological polar surface area (TPSA) is 56.7 Å². The molecule has 7 heteroatoms. The summed E-state index contributed by atoms with van der Waals surface area (Å²) < 4.78 is 13.4. The van der Waals surface area contributed by atoms with Gasteiger partial charge in [-0.25, -0.2) is 9.38 Å². The Morgan fingerprint density at radius 2 is 2.04 bits per heavy atom. The monoisotopic (exact) mass is 477 g/mol. The van der Waals surface area contributed by atoms with Crippen LogP contribution < -0.4 is 10.6 Å². The van der Waals surface area contributed by atoms with Crippen LogP contribution in [0.4, 0.5) is 4.39 Å². The molecule has 0 saturated carbocycles. The maximum absolute atomic E-state index is 13.4. The van der Waals surface area contributed by atoms with E-state index in [0.29, 0.717) is 18.1 Å². The van der Waals surface area contributed by atoms with E-state index >= 15 is 0 Å². The second-order valence-electron chi connectivity index (χ2n) is 6.20. The van der Waals surface area contributed by atoms with Crippen molar-refractivity contribution in [2.24, 2.45) is 4.99 Å². The van der Waals surface area contributed by atoms with Gasteiger partial charge in [0.25, 0.3) is 0 Å². The van der Waals surface area contributed by atoms with Crippen molar-refractivity contribution in [1.82, 2.24) is 10.6 Å². The van der Waals surface area contributed by atoms with E-state index in [-0.39, 0.29) is 35.1 Å². The van der Waals surface area contributed by atoms with Crippen molar-refractivity contribution in [1.29, 1.82) is 0 Å². The molecule has 0 radical (unpaired) electrons. The highest BCUT2D eigenvalue weighted by Crippen LogP contribution is 2.26. The molecule has 0 bridgehead atoms. The number of nitrogens with zero attached hydrogens (tertiary/aromatic N) is 1. The molecule has 0 saturated heterocycles. The number of thiophene rings is 1. The van der Waals surface area contributed by atoms with Gasteiger partial charge in [-0.2, -0.15) is 0 Å². The summed E-state index contributed by atoms with van der Waals surface area (Å²) in [4.78, 5) is 5.80. The smallest absolute Gasteiger partial charge is 0.191 e. The molecule has 0 aliphatic heterocycles. The molecule has 0 fully saturated rings. The van der Waals surface area contributed by atoms with Crippen molar-refractivity contribution in [3.05, 3.63) is 52.0 Å². The average Bonchev–Trinajstić information content (AvgIpc) is 3.09. The third kappa shape index (κ3) is 6.47. The molecular formula is C18H25FIN3OS. The largest absolute Gasteiger partial charge is 0.505 e. The third-order valence-corrected chi connectivity index (χ3v) is 4.90. The predicted octanol–water partition coefficient (Wildman–Crippen LogP) is 4.24. The van der Waals surface area contributed by atoms with Gasteiger partial charge < -0.3 is 15.7 Å². The van der Waals surface area contributed by atoms with E-state index < -0.39 is 5.82 Å². The molecule has 2 aromatic rings. The fourth-order valence-corrected chi connectivity index (χ4v) is 3.07. The van der Waals surface area contributed by atoms with Gasteiger partial charge in [-0.15, -0.1) is 35.3 Å². The van der Waals surface area contributed by atoms with E-state index in [9.17, 15) is 9.50 Å². The van der Waals surface area contributed by atoms with Crippen molar-refractivity contribution in [3.8, 4) is 5.75 Å². The Morgan fingerprint density at radius 3 is 2.64 bits per heavy atom. The lowest BCUT2D eigenvalue weighted by Crippen LogP contribution is -2.43. The molecule has 0 aliphatic rings. The van der Waals surface area contributed by atoms with E-state index in [4.69, 9.17) is 0 Å². The second-order valence-corrected chi connectivity index (χ2v) is 7.14. The maximum atomic E-state index is 13.4. The summed E-state index contributed by atoms with van der Waals surface area (Å²) in [5.41, 5.74) is 0.703. The number of aliphatic imine (C=N–C) groups is 1. The summed E-state index contributed by atoms with van der Waals surface area (Å²) in [6, 6.07) is 8.51. The van der Waals surface area contributed by atoms with Gasteiger partial charge >= 0.3 is 0 Å². The zero-order valence-electron chi connectivity index (χ0n) is 14.7. The Labute approximate surface area is 169 Å². The van der Waals surface area contributed by atoms with Gasteiger partial charge in [0.1, 0.15) is 0 Å². The highest BCUT2D eigenvalue weighted by atomic mass is 127. The molecular weight excluding hydrogens is 452 g/mol. The lowest BCUT2D eigenvalue weighted by molar-refractivity contribution is 0.432. The van der Waals surface area contributed by atoms with Crippen LogP contribution in [0.1, 0.15) is 31.2 Å². The van der Waals surface area contributed by atoms with E-state index in [1.54, 1.807) is 17.4 Å². The van der Waals surface area contributed by atoms with Crippen molar-refractivity contribution < 1.29 is 9.50 Å². The van der Waals surface area contributed by atoms with Crippen molar-refractivity contribution in [2.75, 3.05) is 13.1 Å². The number of hydrogen-bond acceptors (Lipinski definition) is 3. The molecule has 0 aliphatic carbocycles. The first-order chi connectivity index (χ1) is 11.4. The number of halogens is 2. The van der Waals surface area contributed by atoms with Crippen LogP contribution in [0, 0.1) is 5.82 Å². The molecule has 138 valence electrons. The van der Waals surface area contributed by atoms with Crippen LogP contribution >= 0.6 is 35.3 Å². The first-order valence-electron chi connectivity index (χ1n) is 7.96. The molecule has 2 rings (SSSR count). The van der Waals surface area contributed by atoms with Gasteiger partial charge in [0.2, 0.25) is 0 Å². The Bertz CT molecular complexity index is 690. The number of aromatic hydroxyl groups is 1. The highest BCUT2D eigenvalue weighted by molar-refractivity contribution is 14.0. The number of phenolic OH excluding ortho intramolecular Hbond substituents is 1. The molecule has 0 unspecified atom stereocenters. The third-order valence-electron chi connectivity index (χ3n) is 3.66.